The number of carbonyl (C=O) groups is 1. The van der Waals surface area contributed by atoms with Gasteiger partial charge >= 0.3 is 78.3 Å². The van der Waals surface area contributed by atoms with Crippen LogP contribution in [0.5, 0.6) is 0 Å². The molecule has 0 aliphatic carbocycles. The van der Waals surface area contributed by atoms with Gasteiger partial charge in [0.2, 0.25) is 0 Å². The van der Waals surface area contributed by atoms with E-state index < -0.39 is 0 Å². The number of hydrogen-bond acceptors (Lipinski definition) is 4. The molecule has 0 unspecified atom stereocenters. The second-order valence-corrected chi connectivity index (χ2v) is 5.27. The maximum atomic E-state index is 11.0. The van der Waals surface area contributed by atoms with Crippen LogP contribution in [0.2, 0.25) is 0 Å². The van der Waals surface area contributed by atoms with Crippen LogP contribution in [-0.4, -0.2) is 17.6 Å². The molecule has 0 aromatic carbocycles. The molecule has 0 spiro atoms. The standard InChI is InChI=1S/C6H6NO2S.Zn/c1-2-9-6(8)5-3-10-4-7-5;/h3H,2H2,1H3;. The summed E-state index contributed by atoms with van der Waals surface area (Å²) in [5.74, 6) is -0.316. The summed E-state index contributed by atoms with van der Waals surface area (Å²) in [5.41, 5.74) is 0.443. The zero-order chi connectivity index (χ0) is 8.27. The fraction of sp³-hybridized carbons (Fsp3) is 0.333. The molecular formula is C6H6NO2SZn. The van der Waals surface area contributed by atoms with Crippen LogP contribution in [0.15, 0.2) is 5.38 Å². The molecule has 0 fully saturated rings. The van der Waals surface area contributed by atoms with E-state index in [1.165, 1.54) is 11.3 Å². The predicted octanol–water partition coefficient (Wildman–Crippen LogP) is 0.492. The van der Waals surface area contributed by atoms with Crippen LogP contribution >= 0.6 is 11.3 Å². The Morgan fingerprint density at radius 2 is 2.64 bits per heavy atom. The Morgan fingerprint density at radius 3 is 3.09 bits per heavy atom. The van der Waals surface area contributed by atoms with Crippen molar-refractivity contribution >= 4 is 20.9 Å². The van der Waals surface area contributed by atoms with Gasteiger partial charge in [-0.15, -0.1) is 0 Å². The molecule has 0 aliphatic rings. The van der Waals surface area contributed by atoms with Crippen LogP contribution in [0.1, 0.15) is 17.4 Å². The molecule has 11 heavy (non-hydrogen) atoms. The van der Waals surface area contributed by atoms with Crippen molar-refractivity contribution < 1.29 is 27.8 Å². The van der Waals surface area contributed by atoms with Crippen molar-refractivity contribution in [1.29, 1.82) is 0 Å². The number of rotatable bonds is 2. The summed E-state index contributed by atoms with van der Waals surface area (Å²) >= 11 is 2.49. The minimum atomic E-state index is -0.316. The van der Waals surface area contributed by atoms with E-state index in [0.29, 0.717) is 12.3 Å². The van der Waals surface area contributed by atoms with Crippen molar-refractivity contribution in [3.05, 3.63) is 11.1 Å². The topological polar surface area (TPSA) is 39.2 Å². The van der Waals surface area contributed by atoms with E-state index in [1.54, 1.807) is 12.3 Å². The van der Waals surface area contributed by atoms with Crippen LogP contribution in [0.4, 0.5) is 0 Å². The van der Waals surface area contributed by atoms with Gasteiger partial charge in [-0.3, -0.25) is 0 Å². The number of hydrogen-bond donors (Lipinski definition) is 0. The number of carbonyl (C=O) groups excluding carboxylic acids is 1. The van der Waals surface area contributed by atoms with E-state index in [4.69, 9.17) is 4.74 Å². The zero-order valence-corrected chi connectivity index (χ0v) is 9.95. The van der Waals surface area contributed by atoms with Gasteiger partial charge in [-0.05, 0) is 0 Å². The van der Waals surface area contributed by atoms with Crippen LogP contribution in [-0.2, 0) is 23.0 Å². The summed E-state index contributed by atoms with van der Waals surface area (Å²) in [6.45, 7) is 2.19. The second-order valence-electron chi connectivity index (χ2n) is 1.85. The molecular weight excluding hydrogens is 216 g/mol. The number of thiazole rings is 1. The zero-order valence-electron chi connectivity index (χ0n) is 6.16. The summed E-state index contributed by atoms with van der Waals surface area (Å²) in [5, 5.41) is 1.73. The third-order valence-corrected chi connectivity index (χ3v) is 3.12. The Bertz CT molecular complexity index is 261. The third kappa shape index (κ3) is 2.35. The molecule has 0 amide bonds. The summed E-state index contributed by atoms with van der Waals surface area (Å²) < 4.78 is 5.77. The molecule has 1 aromatic rings. The molecule has 55 valence electrons. The van der Waals surface area contributed by atoms with Gasteiger partial charge in [-0.25, -0.2) is 0 Å². The Balaban J connectivity index is 2.69. The first-order chi connectivity index (χ1) is 5.24. The van der Waals surface area contributed by atoms with Crippen molar-refractivity contribution in [2.45, 2.75) is 6.92 Å². The van der Waals surface area contributed by atoms with Crippen molar-refractivity contribution in [3.8, 4) is 0 Å². The Labute approximate surface area is 78.5 Å². The van der Waals surface area contributed by atoms with Crippen LogP contribution in [0.3, 0.4) is 0 Å². The molecule has 1 rings (SSSR count). The van der Waals surface area contributed by atoms with E-state index in [2.05, 4.69) is 4.98 Å². The van der Waals surface area contributed by atoms with Gasteiger partial charge in [0.25, 0.3) is 0 Å². The molecule has 1 heterocycles. The van der Waals surface area contributed by atoms with Crippen molar-refractivity contribution in [3.63, 3.8) is 0 Å². The van der Waals surface area contributed by atoms with Gasteiger partial charge in [-0.2, -0.15) is 0 Å². The summed E-state index contributed by atoms with van der Waals surface area (Å²) in [7, 11) is 0. The first kappa shape index (κ1) is 8.82. The minimum absolute atomic E-state index is 0.316. The molecule has 3 nitrogen and oxygen atoms in total. The van der Waals surface area contributed by atoms with Gasteiger partial charge < -0.3 is 0 Å². The maximum absolute atomic E-state index is 11.0. The van der Waals surface area contributed by atoms with Gasteiger partial charge in [0.15, 0.2) is 0 Å². The first-order valence-corrected chi connectivity index (χ1v) is 5.55. The molecule has 0 bridgehead atoms. The second kappa shape index (κ2) is 3.93. The quantitative estimate of drug-likeness (QED) is 0.539. The van der Waals surface area contributed by atoms with Gasteiger partial charge in [-0.1, -0.05) is 0 Å². The summed E-state index contributed by atoms with van der Waals surface area (Å²) in [6.07, 6.45) is 0. The van der Waals surface area contributed by atoms with Gasteiger partial charge in [0.1, 0.15) is 0 Å². The van der Waals surface area contributed by atoms with E-state index in [9.17, 15) is 4.79 Å². The van der Waals surface area contributed by atoms with Crippen molar-refractivity contribution in [1.82, 2.24) is 4.98 Å². The van der Waals surface area contributed by atoms with Gasteiger partial charge in [0, 0.05) is 0 Å². The first-order valence-electron chi connectivity index (χ1n) is 3.18. The molecule has 0 saturated carbocycles. The van der Waals surface area contributed by atoms with Crippen LogP contribution in [0, 0.1) is 0 Å². The normalized spacial score (nSPS) is 9.73. The van der Waals surface area contributed by atoms with Crippen LogP contribution < -0.4 is 3.60 Å². The van der Waals surface area contributed by atoms with Gasteiger partial charge in [0.05, 0.1) is 0 Å². The van der Waals surface area contributed by atoms with E-state index in [0.717, 1.165) is 21.9 Å². The Kier molecular flexibility index (Phi) is 3.15. The van der Waals surface area contributed by atoms with E-state index >= 15 is 0 Å². The summed E-state index contributed by atoms with van der Waals surface area (Å²) in [6, 6.07) is 0. The molecule has 1 aromatic heterocycles. The fourth-order valence-electron chi connectivity index (χ4n) is 0.610. The average molecular weight is 222 g/mol. The molecule has 0 radical (unpaired) electrons. The molecule has 0 aliphatic heterocycles. The van der Waals surface area contributed by atoms with Crippen molar-refractivity contribution in [2.24, 2.45) is 0 Å². The monoisotopic (exact) mass is 220 g/mol. The average Bonchev–Trinajstić information content (AvgIpc) is 2.36. The van der Waals surface area contributed by atoms with E-state index in [1.807, 2.05) is 0 Å². The number of nitrogens with zero attached hydrogens (tertiary/aromatic N) is 1. The Hall–Kier alpha value is -0.277. The molecule has 0 atom stereocenters. The molecule has 0 N–H and O–H groups in total. The number of ether oxygens (including phenoxy) is 1. The number of aromatic nitrogens is 1. The fourth-order valence-corrected chi connectivity index (χ4v) is 2.04. The molecule has 0 saturated heterocycles. The Morgan fingerprint density at radius 1 is 1.91 bits per heavy atom. The third-order valence-electron chi connectivity index (χ3n) is 1.04. The van der Waals surface area contributed by atoms with E-state index in [-0.39, 0.29) is 5.97 Å². The van der Waals surface area contributed by atoms with Crippen LogP contribution in [0.25, 0.3) is 0 Å². The SMILES string of the molecule is CCOC(=O)c1cs[c]([Zn])n1. The number of esters is 1. The van der Waals surface area contributed by atoms with Crippen molar-refractivity contribution in [2.75, 3.05) is 6.61 Å². The summed E-state index contributed by atoms with van der Waals surface area (Å²) in [4.78, 5) is 15.0. The molecule has 5 heteroatoms. The predicted molar refractivity (Wildman–Crippen MR) is 37.7 cm³/mol.